The summed E-state index contributed by atoms with van der Waals surface area (Å²) in [6, 6.07) is 0. The van der Waals surface area contributed by atoms with Gasteiger partial charge in [-0.1, -0.05) is 11.6 Å². The average Bonchev–Trinajstić information content (AvgIpc) is 1.84. The average molecular weight is 184 g/mol. The molecule has 0 aliphatic heterocycles. The summed E-state index contributed by atoms with van der Waals surface area (Å²) < 4.78 is 4.75. The Morgan fingerprint density at radius 2 is 2.22 bits per heavy atom. The van der Waals surface area contributed by atoms with Crippen molar-refractivity contribution in [2.75, 3.05) is 5.88 Å². The minimum Gasteiger partial charge on any atom is -0.401 e. The molecule has 53 valence electrons. The summed E-state index contributed by atoms with van der Waals surface area (Å²) in [5.41, 5.74) is 0. The molecule has 0 aromatic heterocycles. The van der Waals surface area contributed by atoms with Crippen LogP contribution in [0.3, 0.4) is 0 Å². The van der Waals surface area contributed by atoms with Gasteiger partial charge in [0, 0.05) is 5.88 Å². The second kappa shape index (κ2) is 4.55. The number of hydrogen-bond acceptors (Lipinski definition) is 1. The van der Waals surface area contributed by atoms with Crippen LogP contribution in [0.5, 0.6) is 0 Å². The number of rotatable bonds is 4. The van der Waals surface area contributed by atoms with Gasteiger partial charge >= 0.3 is 0 Å². The zero-order chi connectivity index (χ0) is 7.33. The Hall–Kier alpha value is 0.757. The first kappa shape index (κ1) is 9.76. The highest BCUT2D eigenvalue weighted by Crippen LogP contribution is 2.20. The van der Waals surface area contributed by atoms with Gasteiger partial charge in [-0.25, -0.2) is 0 Å². The van der Waals surface area contributed by atoms with Gasteiger partial charge in [0.2, 0.25) is 10.5 Å². The van der Waals surface area contributed by atoms with Crippen molar-refractivity contribution in [2.45, 2.75) is 24.8 Å². The lowest BCUT2D eigenvalue weighted by Gasteiger charge is -2.19. The summed E-state index contributed by atoms with van der Waals surface area (Å²) >= 11 is 11.2. The molecule has 9 heavy (non-hydrogen) atoms. The third kappa shape index (κ3) is 5.21. The van der Waals surface area contributed by atoms with Crippen molar-refractivity contribution in [1.29, 1.82) is 0 Å². The topological polar surface area (TPSA) is 9.23 Å². The molecule has 1 atom stereocenters. The van der Waals surface area contributed by atoms with Gasteiger partial charge in [0.15, 0.2) is 0 Å². The molecule has 0 saturated heterocycles. The van der Waals surface area contributed by atoms with E-state index in [0.717, 1.165) is 12.8 Å². The predicted molar refractivity (Wildman–Crippen MR) is 41.1 cm³/mol. The lowest BCUT2D eigenvalue weighted by atomic mass is 10.2. The molecule has 0 N–H and O–H groups in total. The third-order valence-corrected chi connectivity index (χ3v) is 2.08. The second-order valence-corrected chi connectivity index (χ2v) is 3.38. The van der Waals surface area contributed by atoms with E-state index in [0.29, 0.717) is 5.88 Å². The fourth-order valence-electron chi connectivity index (χ4n) is 0.434. The van der Waals surface area contributed by atoms with E-state index in [1.165, 1.54) is 0 Å². The molecule has 0 aromatic carbocycles. The van der Waals surface area contributed by atoms with Gasteiger partial charge in [-0.15, -0.1) is 11.6 Å². The number of alkyl halides is 2. The van der Waals surface area contributed by atoms with Crippen LogP contribution in [-0.2, 0) is 4.43 Å². The Balaban J connectivity index is 3.33. The van der Waals surface area contributed by atoms with E-state index in [1.807, 2.05) is 0 Å². The van der Waals surface area contributed by atoms with Crippen LogP contribution >= 0.6 is 23.2 Å². The van der Waals surface area contributed by atoms with E-state index in [2.05, 4.69) is 10.5 Å². The minimum absolute atomic E-state index is 0.605. The molecule has 0 amide bonds. The van der Waals surface area contributed by atoms with Gasteiger partial charge in [0.25, 0.3) is 0 Å². The van der Waals surface area contributed by atoms with E-state index in [4.69, 9.17) is 27.6 Å². The van der Waals surface area contributed by atoms with Gasteiger partial charge in [-0.05, 0) is 19.8 Å². The summed E-state index contributed by atoms with van der Waals surface area (Å²) in [6.45, 7) is 1.79. The maximum absolute atomic E-state index is 5.77. The molecule has 0 aliphatic rings. The second-order valence-electron chi connectivity index (χ2n) is 2.00. The van der Waals surface area contributed by atoms with Crippen LogP contribution in [0.1, 0.15) is 19.8 Å². The van der Waals surface area contributed by atoms with Gasteiger partial charge in [-0.2, -0.15) is 0 Å². The van der Waals surface area contributed by atoms with Crippen molar-refractivity contribution in [2.24, 2.45) is 0 Å². The quantitative estimate of drug-likeness (QED) is 0.480. The van der Waals surface area contributed by atoms with Gasteiger partial charge in [0.1, 0.15) is 5.06 Å². The first-order valence-electron chi connectivity index (χ1n) is 2.72. The highest BCUT2D eigenvalue weighted by molar-refractivity contribution is 6.24. The van der Waals surface area contributed by atoms with Crippen LogP contribution in [-0.4, -0.2) is 21.4 Å². The van der Waals surface area contributed by atoms with Crippen LogP contribution in [0.25, 0.3) is 0 Å². The van der Waals surface area contributed by atoms with E-state index >= 15 is 0 Å². The molecule has 0 aliphatic carbocycles. The normalized spacial score (nSPS) is 17.3. The van der Waals surface area contributed by atoms with Crippen LogP contribution in [0, 0.1) is 0 Å². The van der Waals surface area contributed by atoms with Crippen molar-refractivity contribution in [3.63, 3.8) is 0 Å². The van der Waals surface area contributed by atoms with Crippen molar-refractivity contribution in [3.05, 3.63) is 0 Å². The molecule has 0 rings (SSSR count). The van der Waals surface area contributed by atoms with E-state index in [1.54, 1.807) is 6.92 Å². The van der Waals surface area contributed by atoms with Crippen molar-refractivity contribution in [1.82, 2.24) is 0 Å². The third-order valence-electron chi connectivity index (χ3n) is 0.970. The lowest BCUT2D eigenvalue weighted by Crippen LogP contribution is -2.19. The molecule has 3 radical (unpaired) electrons. The Labute approximate surface area is 69.2 Å². The molecule has 4 heteroatoms. The van der Waals surface area contributed by atoms with Gasteiger partial charge in [-0.3, -0.25) is 0 Å². The SMILES string of the molecule is CC(Cl)(CCCCl)O[Si]. The minimum atomic E-state index is -0.605. The molecule has 0 bridgehead atoms. The maximum atomic E-state index is 5.77. The molecule has 0 fully saturated rings. The summed E-state index contributed by atoms with van der Waals surface area (Å²) in [7, 11) is 2.87. The summed E-state index contributed by atoms with van der Waals surface area (Å²) in [5, 5.41) is -0.605. The molecular formula is C5H9Cl2OSi. The van der Waals surface area contributed by atoms with Crippen molar-refractivity contribution in [3.8, 4) is 0 Å². The van der Waals surface area contributed by atoms with E-state index in [-0.39, 0.29) is 0 Å². The predicted octanol–water partition coefficient (Wildman–Crippen LogP) is 2.06. The van der Waals surface area contributed by atoms with Crippen LogP contribution < -0.4 is 0 Å². The van der Waals surface area contributed by atoms with E-state index < -0.39 is 5.06 Å². The molecule has 0 heterocycles. The van der Waals surface area contributed by atoms with Crippen molar-refractivity contribution >= 4 is 33.7 Å². The summed E-state index contributed by atoms with van der Waals surface area (Å²) in [6.07, 6.45) is 1.62. The Morgan fingerprint density at radius 3 is 2.56 bits per heavy atom. The Bertz CT molecular complexity index is 77.4. The van der Waals surface area contributed by atoms with Crippen LogP contribution in [0.15, 0.2) is 0 Å². The zero-order valence-corrected chi connectivity index (χ0v) is 7.80. The molecule has 1 unspecified atom stereocenters. The first-order valence-corrected chi connectivity index (χ1v) is 4.04. The number of halogens is 2. The molecular weight excluding hydrogens is 175 g/mol. The highest BCUT2D eigenvalue weighted by atomic mass is 35.5. The van der Waals surface area contributed by atoms with Crippen molar-refractivity contribution < 1.29 is 4.43 Å². The molecule has 1 nitrogen and oxygen atoms in total. The van der Waals surface area contributed by atoms with E-state index in [9.17, 15) is 0 Å². The van der Waals surface area contributed by atoms with Crippen LogP contribution in [0.2, 0.25) is 0 Å². The van der Waals surface area contributed by atoms with Gasteiger partial charge < -0.3 is 4.43 Å². The zero-order valence-electron chi connectivity index (χ0n) is 5.29. The number of hydrogen-bond donors (Lipinski definition) is 0. The molecule has 0 aromatic rings. The van der Waals surface area contributed by atoms with Gasteiger partial charge in [0.05, 0.1) is 0 Å². The summed E-state index contributed by atoms with van der Waals surface area (Å²) in [5.74, 6) is 0.623. The standard InChI is InChI=1S/C5H9Cl2OSi/c1-5(7,8-9)3-2-4-6/h2-4H2,1H3. The highest BCUT2D eigenvalue weighted by Gasteiger charge is 2.17. The molecule has 0 saturated carbocycles. The largest absolute Gasteiger partial charge is 0.401 e. The fraction of sp³-hybridized carbons (Fsp3) is 1.00. The van der Waals surface area contributed by atoms with Crippen LogP contribution in [0.4, 0.5) is 0 Å². The first-order chi connectivity index (χ1) is 4.12. The molecule has 0 spiro atoms. The Morgan fingerprint density at radius 1 is 1.67 bits per heavy atom. The summed E-state index contributed by atoms with van der Waals surface area (Å²) in [4.78, 5) is 0. The smallest absolute Gasteiger partial charge is 0.248 e. The Kier molecular flexibility index (Phi) is 4.94. The maximum Gasteiger partial charge on any atom is 0.248 e. The lowest BCUT2D eigenvalue weighted by molar-refractivity contribution is 0.184. The fourth-order valence-corrected chi connectivity index (χ4v) is 0.803. The monoisotopic (exact) mass is 183 g/mol.